The first-order chi connectivity index (χ1) is 11.7. The third-order valence-corrected chi connectivity index (χ3v) is 6.60. The Morgan fingerprint density at radius 2 is 1.79 bits per heavy atom. The number of nitrogens with two attached hydrogens (primary N) is 1. The van der Waals surface area contributed by atoms with Crippen molar-refractivity contribution in [1.82, 2.24) is 19.9 Å². The number of nitrogens with zero attached hydrogens (tertiary/aromatic N) is 3. The van der Waals surface area contributed by atoms with Crippen LogP contribution in [0.25, 0.3) is 11.2 Å². The molecule has 1 aromatic carbocycles. The highest BCUT2D eigenvalue weighted by atomic mass is 127. The molecule has 0 radical (unpaired) electrons. The number of rotatable bonds is 2. The summed E-state index contributed by atoms with van der Waals surface area (Å²) in [5, 5.41) is 0.806. The summed E-state index contributed by atoms with van der Waals surface area (Å²) in [4.78, 5) is 17.2. The average molecular weight is 451 g/mol. The predicted octanol–water partition coefficient (Wildman–Crippen LogP) is 4.35. The molecule has 3 N–H and O–H groups in total. The summed E-state index contributed by atoms with van der Waals surface area (Å²) < 4.78 is 1.27. The van der Waals surface area contributed by atoms with E-state index in [1.54, 1.807) is 11.8 Å². The molecule has 7 heteroatoms. The number of anilines is 1. The van der Waals surface area contributed by atoms with Gasteiger partial charge in [-0.1, -0.05) is 24.6 Å². The zero-order valence-electron chi connectivity index (χ0n) is 13.2. The van der Waals surface area contributed by atoms with Gasteiger partial charge in [-0.25, -0.2) is 15.0 Å². The van der Waals surface area contributed by atoms with Crippen LogP contribution in [0.4, 0.5) is 5.82 Å². The highest BCUT2D eigenvalue weighted by molar-refractivity contribution is 14.1. The van der Waals surface area contributed by atoms with Crippen LogP contribution in [0.3, 0.4) is 0 Å². The van der Waals surface area contributed by atoms with E-state index in [1.165, 1.54) is 64.4 Å². The molecule has 2 aromatic heterocycles. The quantitative estimate of drug-likeness (QED) is 0.567. The van der Waals surface area contributed by atoms with Gasteiger partial charge in [0.1, 0.15) is 11.8 Å². The topological polar surface area (TPSA) is 80.5 Å². The van der Waals surface area contributed by atoms with Crippen LogP contribution >= 0.6 is 34.4 Å². The Morgan fingerprint density at radius 3 is 2.54 bits per heavy atom. The Kier molecular flexibility index (Phi) is 4.62. The minimum Gasteiger partial charge on any atom is -0.382 e. The molecule has 4 rings (SSSR count). The van der Waals surface area contributed by atoms with E-state index < -0.39 is 0 Å². The molecule has 3 aromatic rings. The van der Waals surface area contributed by atoms with Crippen molar-refractivity contribution in [3.63, 3.8) is 0 Å². The van der Waals surface area contributed by atoms with Crippen molar-refractivity contribution in [3.05, 3.63) is 33.2 Å². The first kappa shape index (κ1) is 16.1. The number of fused-ring (bicyclic) bond motifs is 2. The lowest BCUT2D eigenvalue weighted by molar-refractivity contribution is 0.616. The predicted molar refractivity (Wildman–Crippen MR) is 105 cm³/mol. The maximum absolute atomic E-state index is 5.88. The van der Waals surface area contributed by atoms with Gasteiger partial charge in [-0.05, 0) is 71.5 Å². The average Bonchev–Trinajstić information content (AvgIpc) is 2.95. The largest absolute Gasteiger partial charge is 0.382 e. The van der Waals surface area contributed by atoms with Gasteiger partial charge in [-0.15, -0.1) is 0 Å². The molecule has 2 heterocycles. The SMILES string of the molecule is Nc1ncnc2nc(Sc3cc4c(cc3I)CCCCCC4)[nH]c12. The summed E-state index contributed by atoms with van der Waals surface area (Å²) in [5.41, 5.74) is 10.2. The second-order valence-corrected chi connectivity index (χ2v) is 8.26. The molecule has 0 saturated heterocycles. The summed E-state index contributed by atoms with van der Waals surface area (Å²) in [6.07, 6.45) is 9.11. The Morgan fingerprint density at radius 1 is 1.04 bits per heavy atom. The summed E-state index contributed by atoms with van der Waals surface area (Å²) in [5.74, 6) is 0.437. The van der Waals surface area contributed by atoms with Gasteiger partial charge in [-0.3, -0.25) is 0 Å². The molecule has 0 unspecified atom stereocenters. The zero-order chi connectivity index (χ0) is 16.5. The number of aromatic nitrogens is 4. The molecule has 0 fully saturated rings. The van der Waals surface area contributed by atoms with E-state index in [9.17, 15) is 0 Å². The fraction of sp³-hybridized carbons (Fsp3) is 0.353. The lowest BCUT2D eigenvalue weighted by Gasteiger charge is -2.16. The van der Waals surface area contributed by atoms with E-state index in [1.807, 2.05) is 0 Å². The van der Waals surface area contributed by atoms with Crippen LogP contribution in [-0.4, -0.2) is 19.9 Å². The van der Waals surface area contributed by atoms with Crippen molar-refractivity contribution in [1.29, 1.82) is 0 Å². The Hall–Kier alpha value is -1.35. The first-order valence-corrected chi connectivity index (χ1v) is 10.1. The fourth-order valence-corrected chi connectivity index (χ4v) is 4.86. The van der Waals surface area contributed by atoms with Crippen LogP contribution in [0, 0.1) is 3.57 Å². The number of hydrogen-bond acceptors (Lipinski definition) is 5. The summed E-state index contributed by atoms with van der Waals surface area (Å²) in [6.45, 7) is 0. The summed E-state index contributed by atoms with van der Waals surface area (Å²) >= 11 is 4.06. The normalized spacial score (nSPS) is 15.0. The summed E-state index contributed by atoms with van der Waals surface area (Å²) in [6, 6.07) is 4.69. The van der Waals surface area contributed by atoms with Gasteiger partial charge in [0.15, 0.2) is 16.6 Å². The number of H-pyrrole nitrogens is 1. The number of nitrogen functional groups attached to an aromatic ring is 1. The first-order valence-electron chi connectivity index (χ1n) is 8.16. The van der Waals surface area contributed by atoms with Crippen LogP contribution in [0.2, 0.25) is 0 Å². The van der Waals surface area contributed by atoms with Crippen molar-refractivity contribution < 1.29 is 0 Å². The lowest BCUT2D eigenvalue weighted by Crippen LogP contribution is -2.01. The van der Waals surface area contributed by atoms with E-state index in [0.717, 1.165) is 5.16 Å². The van der Waals surface area contributed by atoms with E-state index in [0.29, 0.717) is 17.0 Å². The van der Waals surface area contributed by atoms with Gasteiger partial charge in [-0.2, -0.15) is 0 Å². The Bertz CT molecular complexity index is 892. The second kappa shape index (κ2) is 6.87. The molecule has 0 atom stereocenters. The van der Waals surface area contributed by atoms with E-state index in [2.05, 4.69) is 54.7 Å². The number of imidazole rings is 1. The smallest absolute Gasteiger partial charge is 0.183 e. The summed E-state index contributed by atoms with van der Waals surface area (Å²) in [7, 11) is 0. The van der Waals surface area contributed by atoms with Crippen LogP contribution in [0.1, 0.15) is 36.8 Å². The zero-order valence-corrected chi connectivity index (χ0v) is 16.2. The maximum Gasteiger partial charge on any atom is 0.183 e. The van der Waals surface area contributed by atoms with Crippen molar-refractivity contribution in [3.8, 4) is 0 Å². The van der Waals surface area contributed by atoms with Gasteiger partial charge < -0.3 is 10.7 Å². The second-order valence-electron chi connectivity index (χ2n) is 6.07. The number of benzene rings is 1. The molecular formula is C17H18IN5S. The minimum absolute atomic E-state index is 0.437. The van der Waals surface area contributed by atoms with Crippen LogP contribution in [0.15, 0.2) is 28.5 Å². The molecule has 24 heavy (non-hydrogen) atoms. The minimum atomic E-state index is 0.437. The molecule has 0 amide bonds. The van der Waals surface area contributed by atoms with Crippen molar-refractivity contribution in [2.45, 2.75) is 48.6 Å². The number of aromatic amines is 1. The molecule has 1 aliphatic carbocycles. The van der Waals surface area contributed by atoms with E-state index in [4.69, 9.17) is 5.73 Å². The van der Waals surface area contributed by atoms with E-state index in [-0.39, 0.29) is 0 Å². The fourth-order valence-electron chi connectivity index (χ4n) is 3.14. The van der Waals surface area contributed by atoms with Crippen LogP contribution in [-0.2, 0) is 12.8 Å². The van der Waals surface area contributed by atoms with Gasteiger partial charge >= 0.3 is 0 Å². The molecule has 124 valence electrons. The Labute approximate surface area is 158 Å². The molecule has 1 aliphatic rings. The molecule has 0 aliphatic heterocycles. The van der Waals surface area contributed by atoms with Gasteiger partial charge in [0.05, 0.1) is 0 Å². The van der Waals surface area contributed by atoms with Crippen LogP contribution < -0.4 is 5.73 Å². The van der Waals surface area contributed by atoms with Crippen molar-refractivity contribution in [2.75, 3.05) is 5.73 Å². The molecule has 0 spiro atoms. The molecular weight excluding hydrogens is 433 g/mol. The number of hydrogen-bond donors (Lipinski definition) is 2. The van der Waals surface area contributed by atoms with Gasteiger partial charge in [0.2, 0.25) is 0 Å². The third kappa shape index (κ3) is 3.23. The highest BCUT2D eigenvalue weighted by Crippen LogP contribution is 2.34. The Balaban J connectivity index is 1.68. The molecule has 0 bridgehead atoms. The number of nitrogens with one attached hydrogen (secondary N) is 1. The molecule has 0 saturated carbocycles. The maximum atomic E-state index is 5.88. The monoisotopic (exact) mass is 451 g/mol. The lowest BCUT2D eigenvalue weighted by atomic mass is 9.93. The molecule has 5 nitrogen and oxygen atoms in total. The van der Waals surface area contributed by atoms with Crippen LogP contribution in [0.5, 0.6) is 0 Å². The number of halogens is 1. The standard InChI is InChI=1S/C17H18IN5S/c18-12-7-10-5-3-1-2-4-6-11(10)8-13(12)24-17-22-14-15(19)20-9-21-16(14)23-17/h7-9H,1-6H2,(H3,19,20,21,22,23). The van der Waals surface area contributed by atoms with E-state index >= 15 is 0 Å². The highest BCUT2D eigenvalue weighted by Gasteiger charge is 2.14. The van der Waals surface area contributed by atoms with Crippen molar-refractivity contribution >= 4 is 51.3 Å². The van der Waals surface area contributed by atoms with Gasteiger partial charge in [0.25, 0.3) is 0 Å². The van der Waals surface area contributed by atoms with Crippen molar-refractivity contribution in [2.24, 2.45) is 0 Å². The third-order valence-electron chi connectivity index (χ3n) is 4.40. The number of aryl methyl sites for hydroxylation is 2. The van der Waals surface area contributed by atoms with Gasteiger partial charge in [0, 0.05) is 8.47 Å².